The van der Waals surface area contributed by atoms with Gasteiger partial charge in [0.15, 0.2) is 0 Å². The maximum absolute atomic E-state index is 12.5. The number of rotatable bonds is 6. The van der Waals surface area contributed by atoms with Gasteiger partial charge in [-0.05, 0) is 49.2 Å². The van der Waals surface area contributed by atoms with Gasteiger partial charge in [-0.25, -0.2) is 0 Å². The highest BCUT2D eigenvalue weighted by atomic mass is 79.9. The van der Waals surface area contributed by atoms with Gasteiger partial charge in [0.1, 0.15) is 5.75 Å². The summed E-state index contributed by atoms with van der Waals surface area (Å²) in [5.41, 5.74) is 2.37. The third-order valence-corrected chi connectivity index (χ3v) is 3.82. The van der Waals surface area contributed by atoms with Crippen LogP contribution in [0.15, 0.2) is 46.9 Å². The van der Waals surface area contributed by atoms with Crippen molar-refractivity contribution in [2.75, 3.05) is 11.9 Å². The van der Waals surface area contributed by atoms with Crippen LogP contribution < -0.4 is 10.1 Å². The first kappa shape index (κ1) is 16.6. The summed E-state index contributed by atoms with van der Waals surface area (Å²) in [6.07, 6.45) is 2.04. The number of hydrogen-bond acceptors (Lipinski definition) is 2. The summed E-state index contributed by atoms with van der Waals surface area (Å²) in [7, 11) is 0. The van der Waals surface area contributed by atoms with Crippen LogP contribution in [0.1, 0.15) is 35.7 Å². The molecule has 2 aromatic carbocycles. The van der Waals surface area contributed by atoms with E-state index in [0.717, 1.165) is 28.6 Å². The summed E-state index contributed by atoms with van der Waals surface area (Å²) >= 11 is 3.42. The molecule has 0 saturated heterocycles. The van der Waals surface area contributed by atoms with Crippen LogP contribution in [0.4, 0.5) is 5.69 Å². The number of ether oxygens (including phenoxy) is 1. The van der Waals surface area contributed by atoms with Gasteiger partial charge in [0, 0.05) is 10.2 Å². The highest BCUT2D eigenvalue weighted by Gasteiger charge is 2.13. The van der Waals surface area contributed by atoms with Crippen molar-refractivity contribution in [2.45, 2.75) is 26.7 Å². The van der Waals surface area contributed by atoms with Crippen LogP contribution >= 0.6 is 15.9 Å². The summed E-state index contributed by atoms with van der Waals surface area (Å²) in [5, 5.41) is 2.94. The predicted molar refractivity (Wildman–Crippen MR) is 93.7 cm³/mol. The van der Waals surface area contributed by atoms with E-state index in [-0.39, 0.29) is 5.91 Å². The van der Waals surface area contributed by atoms with Gasteiger partial charge in [0.25, 0.3) is 5.91 Å². The fraction of sp³-hybridized carbons (Fsp3) is 0.278. The summed E-state index contributed by atoms with van der Waals surface area (Å²) in [6, 6.07) is 13.1. The molecule has 2 rings (SSSR count). The number of para-hydroxylation sites is 1. The lowest BCUT2D eigenvalue weighted by atomic mass is 10.1. The lowest BCUT2D eigenvalue weighted by Gasteiger charge is -2.12. The van der Waals surface area contributed by atoms with Crippen LogP contribution in [0, 0.1) is 6.92 Å². The van der Waals surface area contributed by atoms with E-state index in [1.54, 1.807) is 6.07 Å². The molecule has 0 heterocycles. The zero-order valence-electron chi connectivity index (χ0n) is 12.9. The lowest BCUT2D eigenvalue weighted by molar-refractivity contribution is 0.102. The van der Waals surface area contributed by atoms with E-state index >= 15 is 0 Å². The first-order valence-corrected chi connectivity index (χ1v) is 8.20. The monoisotopic (exact) mass is 361 g/mol. The van der Waals surface area contributed by atoms with Gasteiger partial charge >= 0.3 is 0 Å². The number of halogens is 1. The molecule has 0 saturated carbocycles. The van der Waals surface area contributed by atoms with Gasteiger partial charge in [-0.1, -0.05) is 41.4 Å². The zero-order valence-corrected chi connectivity index (χ0v) is 14.4. The Hall–Kier alpha value is -1.81. The minimum Gasteiger partial charge on any atom is -0.493 e. The Morgan fingerprint density at radius 1 is 1.23 bits per heavy atom. The number of unbranched alkanes of at least 4 members (excludes halogenated alkanes) is 1. The van der Waals surface area contributed by atoms with Crippen molar-refractivity contribution in [1.82, 2.24) is 0 Å². The molecule has 0 atom stereocenters. The number of anilines is 1. The highest BCUT2D eigenvalue weighted by molar-refractivity contribution is 9.10. The number of hydrogen-bond donors (Lipinski definition) is 1. The largest absolute Gasteiger partial charge is 0.493 e. The van der Waals surface area contributed by atoms with E-state index in [0.29, 0.717) is 17.9 Å². The molecule has 0 aliphatic heterocycles. The van der Waals surface area contributed by atoms with Gasteiger partial charge < -0.3 is 10.1 Å². The molecule has 2 aromatic rings. The molecule has 0 fully saturated rings. The third kappa shape index (κ3) is 4.34. The Balaban J connectivity index is 2.15. The normalized spacial score (nSPS) is 10.3. The fourth-order valence-corrected chi connectivity index (χ4v) is 2.54. The molecule has 3 nitrogen and oxygen atoms in total. The standard InChI is InChI=1S/C18H20BrNO2/c1-3-4-11-22-17-8-6-5-7-15(17)18(21)20-16-10-9-14(19)12-13(16)2/h5-10,12H,3-4,11H2,1-2H3,(H,20,21). The molecule has 4 heteroatoms. The predicted octanol–water partition coefficient (Wildman–Crippen LogP) is 5.19. The Morgan fingerprint density at radius 3 is 2.73 bits per heavy atom. The van der Waals surface area contributed by atoms with Crippen LogP contribution in [0.5, 0.6) is 5.75 Å². The number of carbonyl (C=O) groups excluding carboxylic acids is 1. The fourth-order valence-electron chi connectivity index (χ4n) is 2.06. The molecule has 0 aliphatic carbocycles. The zero-order chi connectivity index (χ0) is 15.9. The van der Waals surface area contributed by atoms with Crippen LogP contribution in [0.25, 0.3) is 0 Å². The first-order valence-electron chi connectivity index (χ1n) is 7.41. The SMILES string of the molecule is CCCCOc1ccccc1C(=O)Nc1ccc(Br)cc1C. The lowest BCUT2D eigenvalue weighted by Crippen LogP contribution is -2.14. The minimum absolute atomic E-state index is 0.155. The van der Waals surface area contributed by atoms with Crippen molar-refractivity contribution in [1.29, 1.82) is 0 Å². The second-order valence-electron chi connectivity index (χ2n) is 5.11. The summed E-state index contributed by atoms with van der Waals surface area (Å²) in [5.74, 6) is 0.473. The van der Waals surface area contributed by atoms with Crippen molar-refractivity contribution in [3.8, 4) is 5.75 Å². The van der Waals surface area contributed by atoms with E-state index in [2.05, 4.69) is 28.2 Å². The van der Waals surface area contributed by atoms with Gasteiger partial charge in [0.2, 0.25) is 0 Å². The van der Waals surface area contributed by atoms with E-state index in [9.17, 15) is 4.79 Å². The van der Waals surface area contributed by atoms with Crippen LogP contribution in [0.2, 0.25) is 0 Å². The maximum atomic E-state index is 12.5. The number of nitrogens with one attached hydrogen (secondary N) is 1. The summed E-state index contributed by atoms with van der Waals surface area (Å²) < 4.78 is 6.71. The number of benzene rings is 2. The van der Waals surface area contributed by atoms with Crippen LogP contribution in [0.3, 0.4) is 0 Å². The van der Waals surface area contributed by atoms with Crippen molar-refractivity contribution in [2.24, 2.45) is 0 Å². The van der Waals surface area contributed by atoms with E-state index in [1.807, 2.05) is 43.3 Å². The molecule has 0 aliphatic rings. The molecule has 0 aromatic heterocycles. The van der Waals surface area contributed by atoms with Crippen molar-refractivity contribution < 1.29 is 9.53 Å². The molecule has 116 valence electrons. The number of amides is 1. The summed E-state index contributed by atoms with van der Waals surface area (Å²) in [4.78, 5) is 12.5. The number of aryl methyl sites for hydroxylation is 1. The molecule has 0 bridgehead atoms. The van der Waals surface area contributed by atoms with Gasteiger partial charge in [-0.2, -0.15) is 0 Å². The second-order valence-corrected chi connectivity index (χ2v) is 6.03. The Labute approximate surface area is 139 Å². The Morgan fingerprint density at radius 2 is 2.00 bits per heavy atom. The highest BCUT2D eigenvalue weighted by Crippen LogP contribution is 2.23. The molecule has 1 N–H and O–H groups in total. The quantitative estimate of drug-likeness (QED) is 0.719. The molecule has 0 spiro atoms. The molecular formula is C18H20BrNO2. The third-order valence-electron chi connectivity index (χ3n) is 3.32. The Bertz CT molecular complexity index is 655. The smallest absolute Gasteiger partial charge is 0.259 e. The number of carbonyl (C=O) groups is 1. The average Bonchev–Trinajstić information content (AvgIpc) is 2.51. The molecule has 0 unspecified atom stereocenters. The van der Waals surface area contributed by atoms with E-state index < -0.39 is 0 Å². The van der Waals surface area contributed by atoms with Crippen molar-refractivity contribution in [3.63, 3.8) is 0 Å². The van der Waals surface area contributed by atoms with Gasteiger partial charge in [0.05, 0.1) is 12.2 Å². The van der Waals surface area contributed by atoms with Gasteiger partial charge in [-0.3, -0.25) is 4.79 Å². The van der Waals surface area contributed by atoms with Crippen LogP contribution in [-0.2, 0) is 0 Å². The second kappa shape index (κ2) is 7.99. The molecule has 22 heavy (non-hydrogen) atoms. The van der Waals surface area contributed by atoms with Crippen LogP contribution in [-0.4, -0.2) is 12.5 Å². The summed E-state index contributed by atoms with van der Waals surface area (Å²) in [6.45, 7) is 4.69. The maximum Gasteiger partial charge on any atom is 0.259 e. The van der Waals surface area contributed by atoms with Crippen molar-refractivity contribution >= 4 is 27.5 Å². The molecule has 0 radical (unpaired) electrons. The molecular weight excluding hydrogens is 342 g/mol. The Kier molecular flexibility index (Phi) is 6.01. The minimum atomic E-state index is -0.155. The van der Waals surface area contributed by atoms with E-state index in [1.165, 1.54) is 0 Å². The van der Waals surface area contributed by atoms with Crippen molar-refractivity contribution in [3.05, 3.63) is 58.1 Å². The van der Waals surface area contributed by atoms with E-state index in [4.69, 9.17) is 4.74 Å². The first-order chi connectivity index (χ1) is 10.6. The average molecular weight is 362 g/mol. The topological polar surface area (TPSA) is 38.3 Å². The van der Waals surface area contributed by atoms with Gasteiger partial charge in [-0.15, -0.1) is 0 Å². The molecule has 1 amide bonds.